The molecule has 0 spiro atoms. The summed E-state index contributed by atoms with van der Waals surface area (Å²) >= 11 is 0. The molecule has 0 bridgehead atoms. The van der Waals surface area contributed by atoms with Crippen LogP contribution in [-0.2, 0) is 17.5 Å². The number of rotatable bonds is 4. The van der Waals surface area contributed by atoms with Gasteiger partial charge in [-0.25, -0.2) is 4.98 Å². The average molecular weight is 341 g/mol. The van der Waals surface area contributed by atoms with Crippen molar-refractivity contribution in [2.75, 3.05) is 12.4 Å². The molecule has 0 aliphatic carbocycles. The van der Waals surface area contributed by atoms with E-state index in [1.807, 2.05) is 0 Å². The Morgan fingerprint density at radius 3 is 2.62 bits per heavy atom. The molecule has 0 unspecified atom stereocenters. The van der Waals surface area contributed by atoms with Crippen molar-refractivity contribution in [3.8, 4) is 5.75 Å². The number of anilines is 1. The zero-order valence-corrected chi connectivity index (χ0v) is 12.8. The predicted octanol–water partition coefficient (Wildman–Crippen LogP) is 2.22. The van der Waals surface area contributed by atoms with Crippen LogP contribution in [-0.4, -0.2) is 22.6 Å². The highest BCUT2D eigenvalue weighted by molar-refractivity contribution is 5.90. The Kier molecular flexibility index (Phi) is 4.91. The number of hydrogen-bond donors (Lipinski definition) is 1. The second-order valence-corrected chi connectivity index (χ2v) is 4.95. The van der Waals surface area contributed by atoms with Crippen molar-refractivity contribution in [2.45, 2.75) is 19.6 Å². The fraction of sp³-hybridized carbons (Fsp3) is 0.267. The molecule has 0 saturated carbocycles. The summed E-state index contributed by atoms with van der Waals surface area (Å²) in [5.74, 6) is -0.394. The van der Waals surface area contributed by atoms with Gasteiger partial charge in [0.1, 0.15) is 12.2 Å². The molecule has 0 atom stereocenters. The normalized spacial score (nSPS) is 11.2. The smallest absolute Gasteiger partial charge is 0.433 e. The fourth-order valence-electron chi connectivity index (χ4n) is 1.97. The number of alkyl halides is 3. The number of hydrogen-bond acceptors (Lipinski definition) is 4. The number of aryl methyl sites for hydroxylation is 1. The minimum atomic E-state index is -4.54. The number of aromatic nitrogens is 2. The van der Waals surface area contributed by atoms with Gasteiger partial charge in [0.05, 0.1) is 25.2 Å². The molecule has 6 nitrogen and oxygen atoms in total. The van der Waals surface area contributed by atoms with E-state index in [-0.39, 0.29) is 23.4 Å². The first-order chi connectivity index (χ1) is 11.2. The maximum atomic E-state index is 12.4. The molecule has 9 heteroatoms. The van der Waals surface area contributed by atoms with E-state index in [9.17, 15) is 22.8 Å². The summed E-state index contributed by atoms with van der Waals surface area (Å²) in [6, 6.07) is 3.22. The highest BCUT2D eigenvalue weighted by Gasteiger charge is 2.32. The van der Waals surface area contributed by atoms with Crippen LogP contribution in [0.5, 0.6) is 5.75 Å². The molecule has 0 saturated heterocycles. The molecule has 1 N–H and O–H groups in total. The highest BCUT2D eigenvalue weighted by Crippen LogP contribution is 2.27. The van der Waals surface area contributed by atoms with Crippen LogP contribution in [0.15, 0.2) is 35.4 Å². The molecule has 1 amide bonds. The van der Waals surface area contributed by atoms with E-state index in [4.69, 9.17) is 4.74 Å². The topological polar surface area (TPSA) is 73.2 Å². The monoisotopic (exact) mass is 341 g/mol. The van der Waals surface area contributed by atoms with E-state index >= 15 is 0 Å². The zero-order valence-electron chi connectivity index (χ0n) is 12.8. The molecule has 2 rings (SSSR count). The number of halogens is 3. The molecule has 128 valence electrons. The van der Waals surface area contributed by atoms with Crippen LogP contribution >= 0.6 is 0 Å². The first-order valence-electron chi connectivity index (χ1n) is 6.79. The lowest BCUT2D eigenvalue weighted by Gasteiger charge is -2.12. The Balaban J connectivity index is 2.10. The van der Waals surface area contributed by atoms with Gasteiger partial charge in [0.25, 0.3) is 0 Å². The molecule has 0 aliphatic heterocycles. The van der Waals surface area contributed by atoms with Gasteiger partial charge in [-0.1, -0.05) is 0 Å². The molecule has 2 aromatic rings. The van der Waals surface area contributed by atoms with Crippen LogP contribution in [0.3, 0.4) is 0 Å². The molecule has 0 fully saturated rings. The highest BCUT2D eigenvalue weighted by atomic mass is 19.4. The summed E-state index contributed by atoms with van der Waals surface area (Å²) in [5.41, 5.74) is -0.666. The van der Waals surface area contributed by atoms with Gasteiger partial charge in [-0.05, 0) is 19.1 Å². The Morgan fingerprint density at radius 2 is 2.08 bits per heavy atom. The van der Waals surface area contributed by atoms with E-state index in [0.29, 0.717) is 5.69 Å². The molecule has 0 radical (unpaired) electrons. The number of carbonyl (C=O) groups excluding carboxylic acids is 1. The lowest BCUT2D eigenvalue weighted by Crippen LogP contribution is -2.22. The van der Waals surface area contributed by atoms with Gasteiger partial charge in [0, 0.05) is 11.8 Å². The van der Waals surface area contributed by atoms with Crippen LogP contribution < -0.4 is 15.5 Å². The molecule has 0 aliphatic rings. The molecule has 24 heavy (non-hydrogen) atoms. The maximum absolute atomic E-state index is 12.4. The molecule has 2 heterocycles. The van der Waals surface area contributed by atoms with Crippen molar-refractivity contribution in [3.05, 3.63) is 52.2 Å². The third kappa shape index (κ3) is 4.12. The van der Waals surface area contributed by atoms with Crippen molar-refractivity contribution < 1.29 is 22.7 Å². The number of amides is 1. The number of pyridine rings is 2. The number of nitrogens with one attached hydrogen (secondary N) is 1. The summed E-state index contributed by atoms with van der Waals surface area (Å²) in [5, 5.41) is 2.44. The van der Waals surface area contributed by atoms with Crippen molar-refractivity contribution in [2.24, 2.45) is 0 Å². The Labute approximate surface area is 134 Å². The molecule has 0 aromatic carbocycles. The van der Waals surface area contributed by atoms with Gasteiger partial charge in [-0.15, -0.1) is 0 Å². The lowest BCUT2D eigenvalue weighted by atomic mass is 10.3. The van der Waals surface area contributed by atoms with Crippen LogP contribution in [0, 0.1) is 6.92 Å². The first kappa shape index (κ1) is 17.5. The van der Waals surface area contributed by atoms with Gasteiger partial charge in [-0.2, -0.15) is 13.2 Å². The number of ether oxygens (including phenoxy) is 1. The predicted molar refractivity (Wildman–Crippen MR) is 79.9 cm³/mol. The number of carbonyl (C=O) groups is 1. The van der Waals surface area contributed by atoms with Gasteiger partial charge < -0.3 is 14.6 Å². The van der Waals surface area contributed by atoms with Crippen molar-refractivity contribution in [1.29, 1.82) is 0 Å². The van der Waals surface area contributed by atoms with E-state index in [0.717, 1.165) is 18.3 Å². The fourth-order valence-corrected chi connectivity index (χ4v) is 1.97. The molecular weight excluding hydrogens is 327 g/mol. The van der Waals surface area contributed by atoms with E-state index < -0.39 is 17.8 Å². The van der Waals surface area contributed by atoms with Crippen LogP contribution in [0.4, 0.5) is 18.9 Å². The SMILES string of the molecule is COc1cn(CC(=O)Nc2ccc(C(F)(F)F)nc2)c(C)cc1=O. The van der Waals surface area contributed by atoms with Crippen LogP contribution in [0.2, 0.25) is 0 Å². The summed E-state index contributed by atoms with van der Waals surface area (Å²) in [4.78, 5) is 26.8. The average Bonchev–Trinajstić information content (AvgIpc) is 2.49. The standard InChI is InChI=1S/C15H14F3N3O3/c1-9-5-11(22)12(24-2)7-21(9)8-14(23)20-10-3-4-13(19-6-10)15(16,17)18/h3-7H,8H2,1-2H3,(H,20,23). The van der Waals surface area contributed by atoms with E-state index in [1.165, 1.54) is 23.9 Å². The van der Waals surface area contributed by atoms with E-state index in [1.54, 1.807) is 6.92 Å². The van der Waals surface area contributed by atoms with Crippen LogP contribution in [0.1, 0.15) is 11.4 Å². The lowest BCUT2D eigenvalue weighted by molar-refractivity contribution is -0.141. The summed E-state index contributed by atoms with van der Waals surface area (Å²) < 4.78 is 43.7. The maximum Gasteiger partial charge on any atom is 0.433 e. The minimum Gasteiger partial charge on any atom is -0.491 e. The Hall–Kier alpha value is -2.84. The largest absolute Gasteiger partial charge is 0.491 e. The third-order valence-corrected chi connectivity index (χ3v) is 3.18. The first-order valence-corrected chi connectivity index (χ1v) is 6.79. The summed E-state index contributed by atoms with van der Waals surface area (Å²) in [7, 11) is 1.34. The number of methoxy groups -OCH3 is 1. The van der Waals surface area contributed by atoms with Crippen LogP contribution in [0.25, 0.3) is 0 Å². The van der Waals surface area contributed by atoms with Gasteiger partial charge in [0.15, 0.2) is 5.75 Å². The molecular formula is C15H14F3N3O3. The van der Waals surface area contributed by atoms with Gasteiger partial charge >= 0.3 is 6.18 Å². The van der Waals surface area contributed by atoms with Gasteiger partial charge in [0.2, 0.25) is 11.3 Å². The summed E-state index contributed by atoms with van der Waals surface area (Å²) in [6.07, 6.45) is -2.21. The third-order valence-electron chi connectivity index (χ3n) is 3.18. The quantitative estimate of drug-likeness (QED) is 0.925. The second-order valence-electron chi connectivity index (χ2n) is 4.95. The van der Waals surface area contributed by atoms with Crippen molar-refractivity contribution in [1.82, 2.24) is 9.55 Å². The minimum absolute atomic E-state index is 0.0876. The molecule has 2 aromatic heterocycles. The van der Waals surface area contributed by atoms with Crippen molar-refractivity contribution >= 4 is 11.6 Å². The number of nitrogens with zero attached hydrogens (tertiary/aromatic N) is 2. The second kappa shape index (κ2) is 6.73. The summed E-state index contributed by atoms with van der Waals surface area (Å²) in [6.45, 7) is 1.51. The van der Waals surface area contributed by atoms with Gasteiger partial charge in [-0.3, -0.25) is 9.59 Å². The Bertz CT molecular complexity index is 798. The Morgan fingerprint density at radius 1 is 1.38 bits per heavy atom. The zero-order chi connectivity index (χ0) is 17.9. The van der Waals surface area contributed by atoms with Crippen molar-refractivity contribution in [3.63, 3.8) is 0 Å². The van der Waals surface area contributed by atoms with E-state index in [2.05, 4.69) is 10.3 Å².